The second kappa shape index (κ2) is 26.5. The molecule has 0 aliphatic carbocycles. The molecule has 0 amide bonds. The number of esters is 2. The van der Waals surface area contributed by atoms with Crippen LogP contribution in [0, 0.1) is 0 Å². The van der Waals surface area contributed by atoms with Crippen molar-refractivity contribution >= 4 is 116 Å². The zero-order chi connectivity index (χ0) is 60.2. The van der Waals surface area contributed by atoms with Gasteiger partial charge in [-0.05, 0) is 110 Å². The number of benzene rings is 4. The number of nitrogens with zero attached hydrogens (tertiary/aromatic N) is 4. The van der Waals surface area contributed by atoms with E-state index in [0.717, 1.165) is 15.3 Å². The third kappa shape index (κ3) is 15.1. The summed E-state index contributed by atoms with van der Waals surface area (Å²) in [5.41, 5.74) is 10.8. The first-order valence-electron chi connectivity index (χ1n) is 25.5. The summed E-state index contributed by atoms with van der Waals surface area (Å²) >= 11 is 20.0. The smallest absolute Gasteiger partial charge is 0.459 e. The van der Waals surface area contributed by atoms with Crippen molar-refractivity contribution in [3.8, 4) is 11.5 Å². The van der Waals surface area contributed by atoms with Gasteiger partial charge in [0.1, 0.15) is 75.2 Å². The van der Waals surface area contributed by atoms with Crippen LogP contribution in [0.1, 0.15) is 61.6 Å². The van der Waals surface area contributed by atoms with Crippen LogP contribution >= 0.6 is 70.6 Å². The van der Waals surface area contributed by atoms with Crippen molar-refractivity contribution < 1.29 is 66.0 Å². The maximum Gasteiger partial charge on any atom is 0.459 e. The van der Waals surface area contributed by atoms with Crippen LogP contribution in [0.2, 0.25) is 0 Å². The normalized spacial score (nSPS) is 25.8. The van der Waals surface area contributed by atoms with E-state index in [1.807, 2.05) is 48.5 Å². The first-order chi connectivity index (χ1) is 38.4. The molecule has 8 N–H and O–H groups in total. The van der Waals surface area contributed by atoms with Crippen molar-refractivity contribution in [2.75, 3.05) is 18.9 Å². The topological polar surface area (TPSA) is 309 Å². The number of carbonyl (C=O) groups excluding carboxylic acids is 2. The van der Waals surface area contributed by atoms with Gasteiger partial charge in [-0.15, -0.1) is 23.2 Å². The lowest BCUT2D eigenvalue weighted by Gasteiger charge is -2.35. The predicted molar refractivity (Wildman–Crippen MR) is 317 cm³/mol. The fourth-order valence-electron chi connectivity index (χ4n) is 8.62. The number of halogens is 4. The number of nitrogens with two attached hydrogens (primary N) is 2. The van der Waals surface area contributed by atoms with E-state index in [1.165, 1.54) is 31.9 Å². The molecule has 1 aromatic heterocycles. The highest BCUT2D eigenvalue weighted by molar-refractivity contribution is 9.12. The van der Waals surface area contributed by atoms with Crippen LogP contribution < -0.4 is 36.4 Å². The molecule has 2 saturated heterocycles. The summed E-state index contributed by atoms with van der Waals surface area (Å²) in [6.07, 6.45) is -4.81. The molecular weight excluding hydrogens is 1280 g/mol. The van der Waals surface area contributed by atoms with Gasteiger partial charge in [0.25, 0.3) is 0 Å². The van der Waals surface area contributed by atoms with Gasteiger partial charge < -0.3 is 54.6 Å². The molecule has 29 heteroatoms. The molecule has 0 bridgehead atoms. The summed E-state index contributed by atoms with van der Waals surface area (Å²) in [7, 11) is -8.60. The average Bonchev–Trinajstić information content (AvgIpc) is 2.92. The van der Waals surface area contributed by atoms with Gasteiger partial charge in [0.2, 0.25) is 0 Å². The van der Waals surface area contributed by atoms with Gasteiger partial charge in [0.15, 0.2) is 12.5 Å². The number of ether oxygens (including phenoxy) is 4. The highest BCUT2D eigenvalue weighted by atomic mass is 79.9. The van der Waals surface area contributed by atoms with E-state index in [-0.39, 0.29) is 35.1 Å². The monoisotopic (exact) mass is 1340 g/mol. The van der Waals surface area contributed by atoms with E-state index in [0.29, 0.717) is 19.7 Å². The third-order valence-corrected chi connectivity index (χ3v) is 18.1. The van der Waals surface area contributed by atoms with Crippen LogP contribution in [0.3, 0.4) is 0 Å². The minimum absolute atomic E-state index is 0.0244. The Labute approximate surface area is 500 Å². The van der Waals surface area contributed by atoms with Gasteiger partial charge in [-0.25, -0.2) is 18.9 Å². The van der Waals surface area contributed by atoms with E-state index < -0.39 is 111 Å². The largest absolute Gasteiger partial charge is 0.462 e. The van der Waals surface area contributed by atoms with Gasteiger partial charge in [-0.2, -0.15) is 15.2 Å². The van der Waals surface area contributed by atoms with Crippen molar-refractivity contribution in [2.45, 2.75) is 126 Å². The maximum absolute atomic E-state index is 14.2. The van der Waals surface area contributed by atoms with Crippen LogP contribution in [0.5, 0.6) is 11.5 Å². The molecule has 0 radical (unpaired) electrons. The lowest BCUT2D eigenvalue weighted by Crippen LogP contribution is -2.48. The molecule has 4 aromatic carbocycles. The van der Waals surface area contributed by atoms with E-state index in [4.69, 9.17) is 71.7 Å². The Bertz CT molecular complexity index is 3400. The Kier molecular flexibility index (Phi) is 20.9. The second-order valence-corrected chi connectivity index (χ2v) is 26.8. The number of amidine groups is 1. The number of alkyl halides is 2. The number of nitrogen functional groups attached to an aromatic ring is 1. The van der Waals surface area contributed by atoms with Crippen molar-refractivity contribution in [1.29, 1.82) is 0 Å². The molecule has 0 spiro atoms. The molecule has 2 fully saturated rings. The van der Waals surface area contributed by atoms with Crippen molar-refractivity contribution in [3.63, 3.8) is 0 Å². The number of aliphatic hydroxyl groups excluding tert-OH is 2. The highest BCUT2D eigenvalue weighted by Crippen LogP contribution is 2.51. The number of aromatic nitrogens is 2. The fourth-order valence-corrected chi connectivity index (χ4v) is 12.9. The van der Waals surface area contributed by atoms with Crippen molar-refractivity contribution in [3.05, 3.63) is 129 Å². The lowest BCUT2D eigenvalue weighted by molar-refractivity contribution is -0.150. The van der Waals surface area contributed by atoms with Crippen molar-refractivity contribution in [1.82, 2.24) is 24.6 Å². The summed E-state index contributed by atoms with van der Waals surface area (Å²) in [5.74, 6) is -0.354. The van der Waals surface area contributed by atoms with Crippen molar-refractivity contribution in [2.24, 2.45) is 10.7 Å². The summed E-state index contributed by atoms with van der Waals surface area (Å²) < 4.78 is 76.1. The molecule has 3 aliphatic heterocycles. The Morgan fingerprint density at radius 2 is 1.17 bits per heavy atom. The molecule has 4 heterocycles. The van der Waals surface area contributed by atoms with E-state index in [9.17, 15) is 33.7 Å². The summed E-state index contributed by atoms with van der Waals surface area (Å²) in [6, 6.07) is 23.0. The van der Waals surface area contributed by atoms with Gasteiger partial charge >= 0.3 is 33.1 Å². The minimum Gasteiger partial charge on any atom is -0.462 e. The molecule has 23 nitrogen and oxygen atoms in total. The molecule has 0 saturated carbocycles. The van der Waals surface area contributed by atoms with E-state index >= 15 is 0 Å². The zero-order valence-electron chi connectivity index (χ0n) is 45.7. The molecule has 444 valence electrons. The SMILES string of the molecule is C=C1N=C(N)C(Br)=CN1[C@@H]1O[C@H](CO[P@@](=O)(N[C@H](C)C(=O)OC(C)C)Oc2cccc3ccccc23)[C@@H](O)[C@@]1(C)Cl.CC(C)OC(=O)[C@@H](C)N[P@@](=O)(OC[C@H]1O[C@@H](n2cc(Br)c(N)nc2=O)[C@](C)(Cl)[C@@H]1O)Oc1cccc2ccccc12. The second-order valence-electron chi connectivity index (χ2n) is 20.1. The first-order valence-corrected chi connectivity index (χ1v) is 30.9. The molecule has 82 heavy (non-hydrogen) atoms. The number of hydrogen-bond acceptors (Lipinski definition) is 20. The zero-order valence-corrected chi connectivity index (χ0v) is 52.2. The molecule has 5 aromatic rings. The van der Waals surface area contributed by atoms with Gasteiger partial charge in [-0.1, -0.05) is 79.4 Å². The van der Waals surface area contributed by atoms with Crippen LogP contribution in [0.15, 0.2) is 128 Å². The molecular formula is C53H64Br2Cl2N8O15P2. The van der Waals surface area contributed by atoms with Crippen LogP contribution in [0.4, 0.5) is 5.82 Å². The Balaban J connectivity index is 0.000000236. The van der Waals surface area contributed by atoms with Gasteiger partial charge in [0, 0.05) is 23.2 Å². The predicted octanol–water partition coefficient (Wildman–Crippen LogP) is 8.87. The minimum atomic E-state index is -4.33. The van der Waals surface area contributed by atoms with E-state index in [2.05, 4.69) is 58.6 Å². The number of anilines is 1. The number of aliphatic imine (C=N–C) groups is 1. The summed E-state index contributed by atoms with van der Waals surface area (Å²) in [5, 5.41) is 30.4. The fraction of sp³-hybridized carbons (Fsp3) is 0.415. The third-order valence-electron chi connectivity index (χ3n) is 12.8. The van der Waals surface area contributed by atoms with Crippen LogP contribution in [-0.2, 0) is 46.7 Å². The molecule has 12 atom stereocenters. The number of rotatable bonds is 20. The van der Waals surface area contributed by atoms with E-state index in [1.54, 1.807) is 77.2 Å². The molecule has 3 aliphatic rings. The average molecular weight is 1350 g/mol. The molecule has 8 rings (SSSR count). The summed E-state index contributed by atoms with van der Waals surface area (Å²) in [6.45, 7) is 15.8. The standard InChI is InChI=1S/C27H33BrClN4O7P.C26H31BrClN4O8P/c1-15(2)38-25(35)16(3)32-41(36,40-21-12-8-10-18-9-6-7-11-19(18)21)37-14-22-23(34)27(5,29)26(39-22)33-13-20(28)24(30)31-17(33)4;1-14(2)38-23(34)15(3)31-41(36,40-19-11-7-9-16-8-5-6-10-17(16)19)37-13-20-21(33)26(4,28)24(39-20)32-12-18(27)22(29)30-25(32)35/h6-13,15-16,22-23,26,34H,4,14H2,1-3,5H3,(H2,30,31)(H,32,36);5-12,14-15,20-21,24,33H,13H2,1-4H3,(H,31,36)(H2,29,30,35)/t16-,22-,23-,26-,27-,41+;15-,20-,21-,24-,26-,41-/m11/s1. The number of carbonyl (C=O) groups is 2. The number of fused-ring (bicyclic) bond motifs is 2. The van der Waals surface area contributed by atoms with Crippen LogP contribution in [-0.4, -0.2) is 120 Å². The number of aliphatic hydroxyl groups is 2. The maximum atomic E-state index is 14.2. The Morgan fingerprint density at radius 1 is 0.744 bits per heavy atom. The first kappa shape index (κ1) is 64.6. The van der Waals surface area contributed by atoms with Gasteiger partial charge in [-0.3, -0.25) is 23.2 Å². The quantitative estimate of drug-likeness (QED) is 0.0241. The molecule has 0 unspecified atom stereocenters. The Morgan fingerprint density at radius 3 is 1.63 bits per heavy atom. The lowest BCUT2D eigenvalue weighted by atomic mass is 10.0. The van der Waals surface area contributed by atoms with Gasteiger partial charge in [0.05, 0.1) is 34.4 Å². The highest BCUT2D eigenvalue weighted by Gasteiger charge is 2.56. The Hall–Kier alpha value is -4.95. The van der Waals surface area contributed by atoms with Crippen LogP contribution in [0.25, 0.3) is 21.5 Å². The number of nitrogens with one attached hydrogen (secondary N) is 2. The summed E-state index contributed by atoms with van der Waals surface area (Å²) in [4.78, 5) is 44.2. The number of hydrogen-bond donors (Lipinski definition) is 6.